The van der Waals surface area contributed by atoms with E-state index < -0.39 is 5.82 Å². The molecule has 3 rings (SSSR count). The first-order chi connectivity index (χ1) is 16.3. The van der Waals surface area contributed by atoms with Crippen molar-refractivity contribution in [3.05, 3.63) is 62.8 Å². The lowest BCUT2D eigenvalue weighted by atomic mass is 9.85. The zero-order valence-corrected chi connectivity index (χ0v) is 21.2. The molecule has 0 bridgehead atoms. The lowest BCUT2D eigenvalue weighted by Gasteiger charge is -2.32. The van der Waals surface area contributed by atoms with Crippen LogP contribution in [0.1, 0.15) is 44.6 Å². The number of hydrogen-bond acceptors (Lipinski definition) is 3. The average Bonchev–Trinajstić information content (AvgIpc) is 2.82. The molecule has 0 aliphatic heterocycles. The van der Waals surface area contributed by atoms with Crippen LogP contribution in [0.2, 0.25) is 15.1 Å². The van der Waals surface area contributed by atoms with Gasteiger partial charge in [-0.05, 0) is 61.9 Å². The number of ether oxygens (including phenoxy) is 1. The molecule has 1 aliphatic rings. The molecular weight excluding hydrogens is 502 g/mol. The van der Waals surface area contributed by atoms with Gasteiger partial charge in [-0.2, -0.15) is 0 Å². The Bertz CT molecular complexity index is 1010. The van der Waals surface area contributed by atoms with E-state index in [9.17, 15) is 14.0 Å². The normalized spacial score (nSPS) is 17.8. The van der Waals surface area contributed by atoms with Crippen molar-refractivity contribution in [1.82, 2.24) is 10.2 Å². The van der Waals surface area contributed by atoms with Crippen molar-refractivity contribution < 1.29 is 18.7 Å². The average molecular weight is 530 g/mol. The van der Waals surface area contributed by atoms with E-state index in [1.165, 1.54) is 12.1 Å². The molecule has 1 saturated carbocycles. The third-order valence-corrected chi connectivity index (χ3v) is 6.91. The van der Waals surface area contributed by atoms with Crippen LogP contribution in [0, 0.1) is 11.7 Å². The van der Waals surface area contributed by atoms with E-state index in [1.54, 1.807) is 29.2 Å². The molecule has 5 nitrogen and oxygen atoms in total. The fraction of sp³-hybridized carbons (Fsp3) is 0.440. The van der Waals surface area contributed by atoms with Crippen LogP contribution in [0.4, 0.5) is 4.39 Å². The van der Waals surface area contributed by atoms with Crippen molar-refractivity contribution in [3.63, 3.8) is 0 Å². The highest BCUT2D eigenvalue weighted by Crippen LogP contribution is 2.28. The Balaban J connectivity index is 1.47. The van der Waals surface area contributed by atoms with Gasteiger partial charge in [0, 0.05) is 31.1 Å². The predicted octanol–water partition coefficient (Wildman–Crippen LogP) is 6.28. The van der Waals surface area contributed by atoms with Crippen molar-refractivity contribution in [2.45, 2.75) is 51.6 Å². The number of carbonyl (C=O) groups excluding carboxylic acids is 2. The van der Waals surface area contributed by atoms with Crippen LogP contribution in [-0.4, -0.2) is 35.9 Å². The first-order valence-corrected chi connectivity index (χ1v) is 12.5. The van der Waals surface area contributed by atoms with Crippen molar-refractivity contribution in [2.75, 3.05) is 13.2 Å². The monoisotopic (exact) mass is 528 g/mol. The lowest BCUT2D eigenvalue weighted by molar-refractivity contribution is -0.137. The van der Waals surface area contributed by atoms with E-state index in [2.05, 4.69) is 5.32 Å². The summed E-state index contributed by atoms with van der Waals surface area (Å²) in [6, 6.07) is 9.46. The summed E-state index contributed by atoms with van der Waals surface area (Å²) in [5.41, 5.74) is 0.714. The lowest BCUT2D eigenvalue weighted by Crippen LogP contribution is -2.43. The first kappa shape index (κ1) is 26.6. The minimum absolute atomic E-state index is 0.000980. The molecule has 184 valence electrons. The van der Waals surface area contributed by atoms with E-state index in [1.807, 2.05) is 6.92 Å². The van der Waals surface area contributed by atoms with Crippen LogP contribution in [0.3, 0.4) is 0 Å². The van der Waals surface area contributed by atoms with Crippen LogP contribution >= 0.6 is 34.8 Å². The summed E-state index contributed by atoms with van der Waals surface area (Å²) >= 11 is 17.6. The molecule has 2 aromatic rings. The highest BCUT2D eigenvalue weighted by Gasteiger charge is 2.30. The number of nitrogens with zero attached hydrogens (tertiary/aromatic N) is 1. The summed E-state index contributed by atoms with van der Waals surface area (Å²) in [5.74, 6) is -0.273. The summed E-state index contributed by atoms with van der Waals surface area (Å²) in [6.07, 6.45) is 3.61. The number of halogens is 4. The second kappa shape index (κ2) is 12.6. The summed E-state index contributed by atoms with van der Waals surface area (Å²) < 4.78 is 19.3. The molecule has 0 heterocycles. The molecule has 2 aromatic carbocycles. The number of amides is 2. The summed E-state index contributed by atoms with van der Waals surface area (Å²) in [4.78, 5) is 27.2. The third kappa shape index (κ3) is 7.49. The van der Waals surface area contributed by atoms with Gasteiger partial charge in [0.1, 0.15) is 11.6 Å². The van der Waals surface area contributed by atoms with Crippen molar-refractivity contribution in [1.29, 1.82) is 0 Å². The van der Waals surface area contributed by atoms with Crippen LogP contribution in [-0.2, 0) is 16.1 Å². The van der Waals surface area contributed by atoms with Gasteiger partial charge in [0.25, 0.3) is 5.91 Å². The van der Waals surface area contributed by atoms with Gasteiger partial charge in [-0.3, -0.25) is 9.59 Å². The molecule has 0 spiro atoms. The van der Waals surface area contributed by atoms with Gasteiger partial charge in [0.2, 0.25) is 5.91 Å². The summed E-state index contributed by atoms with van der Waals surface area (Å²) in [5, 5.41) is 3.83. The second-order valence-electron chi connectivity index (χ2n) is 8.49. The van der Waals surface area contributed by atoms with Crippen LogP contribution in [0.25, 0.3) is 0 Å². The van der Waals surface area contributed by atoms with E-state index >= 15 is 0 Å². The van der Waals surface area contributed by atoms with E-state index in [4.69, 9.17) is 39.5 Å². The molecule has 0 unspecified atom stereocenters. The van der Waals surface area contributed by atoms with E-state index in [0.29, 0.717) is 60.1 Å². The van der Waals surface area contributed by atoms with E-state index in [-0.39, 0.29) is 35.4 Å². The Morgan fingerprint density at radius 2 is 1.74 bits per heavy atom. The smallest absolute Gasteiger partial charge is 0.258 e. The first-order valence-electron chi connectivity index (χ1n) is 11.4. The van der Waals surface area contributed by atoms with E-state index in [0.717, 1.165) is 6.42 Å². The number of carbonyl (C=O) groups is 2. The molecule has 1 N–H and O–H groups in total. The van der Waals surface area contributed by atoms with Crippen LogP contribution in [0.15, 0.2) is 36.4 Å². The van der Waals surface area contributed by atoms with Crippen molar-refractivity contribution in [2.24, 2.45) is 5.92 Å². The van der Waals surface area contributed by atoms with Gasteiger partial charge in [0.05, 0.1) is 15.1 Å². The number of hydrogen-bond donors (Lipinski definition) is 1. The zero-order chi connectivity index (χ0) is 24.7. The maximum atomic E-state index is 13.8. The molecule has 34 heavy (non-hydrogen) atoms. The predicted molar refractivity (Wildman–Crippen MR) is 133 cm³/mol. The molecule has 2 amide bonds. The molecule has 1 fully saturated rings. The van der Waals surface area contributed by atoms with Gasteiger partial charge < -0.3 is 15.0 Å². The van der Waals surface area contributed by atoms with Gasteiger partial charge >= 0.3 is 0 Å². The van der Waals surface area contributed by atoms with Gasteiger partial charge in [-0.1, -0.05) is 47.8 Å². The molecular formula is C25H28Cl3FN2O3. The Morgan fingerprint density at radius 3 is 2.38 bits per heavy atom. The molecule has 9 heteroatoms. The SMILES string of the molecule is CCCN(Cc1ccc(Cl)c(F)c1)C(=O)C1CCC(NC(=O)COc2ccc(Cl)c(Cl)c2)CC1. The minimum atomic E-state index is -0.484. The molecule has 0 radical (unpaired) electrons. The summed E-state index contributed by atoms with van der Waals surface area (Å²) in [6.45, 7) is 2.84. The summed E-state index contributed by atoms with van der Waals surface area (Å²) in [7, 11) is 0. The standard InChI is InChI=1S/C25H28Cl3FN2O3/c1-2-11-31(14-16-3-9-21(27)23(29)12-16)25(33)17-4-6-18(7-5-17)30-24(32)15-34-19-8-10-20(26)22(28)13-19/h3,8-10,12-13,17-18H,2,4-7,11,14-15H2,1H3,(H,30,32). The Labute approximate surface area is 214 Å². The highest BCUT2D eigenvalue weighted by molar-refractivity contribution is 6.42. The maximum Gasteiger partial charge on any atom is 0.258 e. The molecule has 0 atom stereocenters. The van der Waals surface area contributed by atoms with Crippen LogP contribution in [0.5, 0.6) is 5.75 Å². The third-order valence-electron chi connectivity index (χ3n) is 5.87. The number of benzene rings is 2. The minimum Gasteiger partial charge on any atom is -0.484 e. The Hall–Kier alpha value is -2.02. The van der Waals surface area contributed by atoms with Crippen molar-refractivity contribution >= 4 is 46.6 Å². The number of nitrogens with one attached hydrogen (secondary N) is 1. The van der Waals surface area contributed by atoms with Gasteiger partial charge in [-0.15, -0.1) is 0 Å². The van der Waals surface area contributed by atoms with Crippen LogP contribution < -0.4 is 10.1 Å². The Morgan fingerprint density at radius 1 is 1.03 bits per heavy atom. The zero-order valence-electron chi connectivity index (χ0n) is 19.0. The molecule has 0 saturated heterocycles. The fourth-order valence-electron chi connectivity index (χ4n) is 4.12. The maximum absolute atomic E-state index is 13.8. The highest BCUT2D eigenvalue weighted by atomic mass is 35.5. The molecule has 1 aliphatic carbocycles. The number of rotatable bonds is 9. The second-order valence-corrected chi connectivity index (χ2v) is 9.71. The van der Waals surface area contributed by atoms with Gasteiger partial charge in [-0.25, -0.2) is 4.39 Å². The topological polar surface area (TPSA) is 58.6 Å². The fourth-order valence-corrected chi connectivity index (χ4v) is 4.53. The Kier molecular flexibility index (Phi) is 9.86. The van der Waals surface area contributed by atoms with Gasteiger partial charge in [0.15, 0.2) is 6.61 Å². The largest absolute Gasteiger partial charge is 0.484 e. The quantitative estimate of drug-likeness (QED) is 0.416. The van der Waals surface area contributed by atoms with Crippen molar-refractivity contribution in [3.8, 4) is 5.75 Å². The molecule has 0 aromatic heterocycles.